The number of benzene rings is 1. The third-order valence-corrected chi connectivity index (χ3v) is 2.70. The van der Waals surface area contributed by atoms with Gasteiger partial charge in [-0.25, -0.2) is 4.79 Å². The fourth-order valence-electron chi connectivity index (χ4n) is 1.40. The second kappa shape index (κ2) is 5.82. The Labute approximate surface area is 108 Å². The van der Waals surface area contributed by atoms with Gasteiger partial charge < -0.3 is 9.84 Å². The van der Waals surface area contributed by atoms with E-state index in [2.05, 4.69) is 20.7 Å². The van der Waals surface area contributed by atoms with E-state index in [9.17, 15) is 14.7 Å². The zero-order valence-corrected chi connectivity index (χ0v) is 11.2. The molecule has 0 fully saturated rings. The second-order valence-corrected chi connectivity index (χ2v) is 4.28. The van der Waals surface area contributed by atoms with E-state index in [-0.39, 0.29) is 17.9 Å². The molecule has 0 aliphatic carbocycles. The highest BCUT2D eigenvalue weighted by Gasteiger charge is 2.22. The summed E-state index contributed by atoms with van der Waals surface area (Å²) in [6.07, 6.45) is 0.564. The number of halogens is 1. The summed E-state index contributed by atoms with van der Waals surface area (Å²) in [5, 5.41) is 9.85. The number of carbonyl (C=O) groups is 2. The van der Waals surface area contributed by atoms with Crippen molar-refractivity contribution in [2.24, 2.45) is 0 Å². The minimum Gasteiger partial charge on any atom is -0.507 e. The molecule has 1 N–H and O–H groups in total. The lowest BCUT2D eigenvalue weighted by Crippen LogP contribution is -2.18. The fraction of sp³-hybridized carbons (Fsp3) is 0.333. The molecule has 0 aromatic heterocycles. The Hall–Kier alpha value is -1.36. The van der Waals surface area contributed by atoms with Gasteiger partial charge in [0.25, 0.3) is 5.78 Å². The van der Waals surface area contributed by atoms with Crippen LogP contribution < -0.4 is 0 Å². The molecule has 1 aromatic carbocycles. The van der Waals surface area contributed by atoms with Crippen molar-refractivity contribution in [1.29, 1.82) is 0 Å². The molecular weight excluding hydrogens is 288 g/mol. The predicted octanol–water partition coefficient (Wildman–Crippen LogP) is 2.46. The van der Waals surface area contributed by atoms with E-state index >= 15 is 0 Å². The quantitative estimate of drug-likeness (QED) is 0.527. The molecule has 0 saturated carbocycles. The highest BCUT2D eigenvalue weighted by Crippen LogP contribution is 2.28. The summed E-state index contributed by atoms with van der Waals surface area (Å²) < 4.78 is 5.25. The van der Waals surface area contributed by atoms with Crippen LogP contribution in [0.2, 0.25) is 0 Å². The van der Waals surface area contributed by atoms with Gasteiger partial charge in [-0.15, -0.1) is 0 Å². The third kappa shape index (κ3) is 3.06. The number of ketones is 1. The number of hydrogen-bond acceptors (Lipinski definition) is 4. The van der Waals surface area contributed by atoms with Gasteiger partial charge in [-0.2, -0.15) is 0 Å². The average molecular weight is 301 g/mol. The Balaban J connectivity index is 3.17. The maximum absolute atomic E-state index is 11.7. The van der Waals surface area contributed by atoms with Gasteiger partial charge in [0.05, 0.1) is 12.2 Å². The number of phenols is 1. The molecule has 0 aliphatic rings. The Kier molecular flexibility index (Phi) is 4.69. The van der Waals surface area contributed by atoms with Gasteiger partial charge in [-0.05, 0) is 31.0 Å². The molecule has 0 aliphatic heterocycles. The molecule has 5 heteroatoms. The highest BCUT2D eigenvalue weighted by molar-refractivity contribution is 9.10. The molecule has 0 bridgehead atoms. The number of rotatable bonds is 4. The SMILES string of the molecule is CCOC(=O)C(=O)c1cc(Br)cc(CC)c1O. The number of esters is 1. The molecule has 0 radical (unpaired) electrons. The van der Waals surface area contributed by atoms with Gasteiger partial charge in [-0.1, -0.05) is 22.9 Å². The summed E-state index contributed by atoms with van der Waals surface area (Å²) in [5.41, 5.74) is 0.571. The van der Waals surface area contributed by atoms with Gasteiger partial charge in [0.1, 0.15) is 5.75 Å². The molecular formula is C12H13BrO4. The van der Waals surface area contributed by atoms with Crippen molar-refractivity contribution in [2.75, 3.05) is 6.61 Å². The maximum atomic E-state index is 11.7. The third-order valence-electron chi connectivity index (χ3n) is 2.24. The van der Waals surface area contributed by atoms with Crippen molar-refractivity contribution < 1.29 is 19.4 Å². The molecule has 1 rings (SSSR count). The number of aryl methyl sites for hydroxylation is 1. The van der Waals surface area contributed by atoms with Crippen LogP contribution in [0.5, 0.6) is 5.75 Å². The number of Topliss-reactive ketones (excluding diaryl/α,β-unsaturated/α-hetero) is 1. The number of hydrogen-bond donors (Lipinski definition) is 1. The van der Waals surface area contributed by atoms with E-state index in [0.717, 1.165) is 0 Å². The summed E-state index contributed by atoms with van der Waals surface area (Å²) in [7, 11) is 0. The summed E-state index contributed by atoms with van der Waals surface area (Å²) in [4.78, 5) is 23.0. The van der Waals surface area contributed by atoms with Crippen molar-refractivity contribution in [3.05, 3.63) is 27.7 Å². The Morgan fingerprint density at radius 3 is 2.53 bits per heavy atom. The van der Waals surface area contributed by atoms with E-state index in [4.69, 9.17) is 0 Å². The lowest BCUT2D eigenvalue weighted by molar-refractivity contribution is -0.137. The van der Waals surface area contributed by atoms with Crippen LogP contribution in [0, 0.1) is 0 Å². The van der Waals surface area contributed by atoms with E-state index in [1.807, 2.05) is 6.92 Å². The lowest BCUT2D eigenvalue weighted by Gasteiger charge is -2.08. The van der Waals surface area contributed by atoms with Gasteiger partial charge >= 0.3 is 5.97 Å². The van der Waals surface area contributed by atoms with Crippen molar-refractivity contribution in [3.8, 4) is 5.75 Å². The summed E-state index contributed by atoms with van der Waals surface area (Å²) >= 11 is 3.23. The lowest BCUT2D eigenvalue weighted by atomic mass is 10.0. The van der Waals surface area contributed by atoms with E-state index < -0.39 is 11.8 Å². The molecule has 0 saturated heterocycles. The molecule has 0 atom stereocenters. The smallest absolute Gasteiger partial charge is 0.379 e. The molecule has 0 spiro atoms. The average Bonchev–Trinajstić information content (AvgIpc) is 2.31. The van der Waals surface area contributed by atoms with Crippen LogP contribution in [0.1, 0.15) is 29.8 Å². The first-order valence-corrected chi connectivity index (χ1v) is 6.03. The normalized spacial score (nSPS) is 10.1. The van der Waals surface area contributed by atoms with Crippen LogP contribution in [0.4, 0.5) is 0 Å². The minimum absolute atomic E-state index is 0.0327. The Morgan fingerprint density at radius 1 is 1.35 bits per heavy atom. The van der Waals surface area contributed by atoms with Crippen LogP contribution in [0.25, 0.3) is 0 Å². The van der Waals surface area contributed by atoms with Crippen LogP contribution in [0.15, 0.2) is 16.6 Å². The van der Waals surface area contributed by atoms with Gasteiger partial charge in [0.2, 0.25) is 0 Å². The van der Waals surface area contributed by atoms with Crippen molar-refractivity contribution in [1.82, 2.24) is 0 Å². The van der Waals surface area contributed by atoms with Gasteiger partial charge in [-0.3, -0.25) is 4.79 Å². The number of phenolic OH excluding ortho intramolecular Hbond substituents is 1. The molecule has 0 heterocycles. The zero-order valence-electron chi connectivity index (χ0n) is 9.62. The molecule has 4 nitrogen and oxygen atoms in total. The van der Waals surface area contributed by atoms with E-state index in [0.29, 0.717) is 16.5 Å². The van der Waals surface area contributed by atoms with Crippen molar-refractivity contribution >= 4 is 27.7 Å². The van der Waals surface area contributed by atoms with Crippen LogP contribution in [0.3, 0.4) is 0 Å². The van der Waals surface area contributed by atoms with Crippen LogP contribution in [-0.4, -0.2) is 23.5 Å². The van der Waals surface area contributed by atoms with E-state index in [1.165, 1.54) is 6.07 Å². The molecule has 0 amide bonds. The zero-order chi connectivity index (χ0) is 13.0. The van der Waals surface area contributed by atoms with Crippen molar-refractivity contribution in [2.45, 2.75) is 20.3 Å². The van der Waals surface area contributed by atoms with E-state index in [1.54, 1.807) is 13.0 Å². The topological polar surface area (TPSA) is 63.6 Å². The number of aromatic hydroxyl groups is 1. The second-order valence-electron chi connectivity index (χ2n) is 3.36. The van der Waals surface area contributed by atoms with Crippen LogP contribution in [-0.2, 0) is 16.0 Å². The first-order valence-electron chi connectivity index (χ1n) is 5.24. The number of carbonyl (C=O) groups excluding carboxylic acids is 2. The summed E-state index contributed by atoms with van der Waals surface area (Å²) in [6, 6.07) is 3.12. The minimum atomic E-state index is -0.956. The van der Waals surface area contributed by atoms with Crippen LogP contribution >= 0.6 is 15.9 Å². The number of ether oxygens (including phenoxy) is 1. The van der Waals surface area contributed by atoms with Gasteiger partial charge in [0.15, 0.2) is 0 Å². The Morgan fingerprint density at radius 2 is 2.00 bits per heavy atom. The highest BCUT2D eigenvalue weighted by atomic mass is 79.9. The Bertz CT molecular complexity index is 454. The molecule has 0 unspecified atom stereocenters. The molecule has 92 valence electrons. The molecule has 17 heavy (non-hydrogen) atoms. The summed E-state index contributed by atoms with van der Waals surface area (Å²) in [5.74, 6) is -1.95. The first-order chi connectivity index (χ1) is 8.01. The first kappa shape index (κ1) is 13.7. The molecule has 1 aromatic rings. The monoisotopic (exact) mass is 300 g/mol. The standard InChI is InChI=1S/C12H13BrO4/c1-3-7-5-8(13)6-9(10(7)14)11(15)12(16)17-4-2/h5-6,14H,3-4H2,1-2H3. The largest absolute Gasteiger partial charge is 0.507 e. The summed E-state index contributed by atoms with van der Waals surface area (Å²) in [6.45, 7) is 3.59. The van der Waals surface area contributed by atoms with Crippen molar-refractivity contribution in [3.63, 3.8) is 0 Å². The maximum Gasteiger partial charge on any atom is 0.379 e. The predicted molar refractivity (Wildman–Crippen MR) is 66.1 cm³/mol. The van der Waals surface area contributed by atoms with Gasteiger partial charge in [0, 0.05) is 4.47 Å². The fourth-order valence-corrected chi connectivity index (χ4v) is 1.91.